The predicted molar refractivity (Wildman–Crippen MR) is 137 cm³/mol. The quantitative estimate of drug-likeness (QED) is 0.0601. The fourth-order valence-electron chi connectivity index (χ4n) is 3.30. The van der Waals surface area contributed by atoms with Gasteiger partial charge >= 0.3 is 11.9 Å². The van der Waals surface area contributed by atoms with Crippen molar-refractivity contribution in [1.29, 1.82) is 0 Å². The molecule has 0 heterocycles. The van der Waals surface area contributed by atoms with Gasteiger partial charge in [-0.1, -0.05) is 40.5 Å². The molecule has 0 saturated heterocycles. The van der Waals surface area contributed by atoms with E-state index in [1.165, 1.54) is 0 Å². The SMILES string of the molecule is CCC(C)C(N)C(=O)NC(CCCN=C(N)N)C(=O)NC(CCC(=O)O)C(=O)NC(C(=O)O)C(C)CC. The van der Waals surface area contributed by atoms with Crippen LogP contribution in [0.2, 0.25) is 0 Å². The number of carbonyl (C=O) groups excluding carboxylic acids is 3. The molecule has 0 aliphatic heterocycles. The van der Waals surface area contributed by atoms with Gasteiger partial charge in [-0.3, -0.25) is 24.2 Å². The maximum absolute atomic E-state index is 13.1. The summed E-state index contributed by atoms with van der Waals surface area (Å²) >= 11 is 0. The number of carbonyl (C=O) groups is 5. The van der Waals surface area contributed by atoms with E-state index in [-0.39, 0.29) is 31.3 Å². The number of aliphatic carboxylic acids is 2. The number of rotatable bonds is 18. The van der Waals surface area contributed by atoms with Crippen LogP contribution in [0.15, 0.2) is 4.99 Å². The van der Waals surface area contributed by atoms with Gasteiger partial charge in [-0.05, 0) is 31.1 Å². The van der Waals surface area contributed by atoms with Gasteiger partial charge in [0.1, 0.15) is 18.1 Å². The van der Waals surface area contributed by atoms with Crippen molar-refractivity contribution in [3.63, 3.8) is 0 Å². The zero-order valence-electron chi connectivity index (χ0n) is 22.0. The first-order chi connectivity index (χ1) is 17.2. The minimum Gasteiger partial charge on any atom is -0.481 e. The molecule has 0 radical (unpaired) electrons. The first kappa shape index (κ1) is 33.6. The molecule has 0 aromatic carbocycles. The van der Waals surface area contributed by atoms with Crippen molar-refractivity contribution in [2.75, 3.05) is 6.54 Å². The molecule has 0 aliphatic rings. The van der Waals surface area contributed by atoms with E-state index >= 15 is 0 Å². The number of hydrogen-bond donors (Lipinski definition) is 8. The molecule has 14 nitrogen and oxygen atoms in total. The third kappa shape index (κ3) is 12.9. The molecular weight excluding hydrogens is 486 g/mol. The molecule has 0 saturated carbocycles. The average molecular weight is 530 g/mol. The van der Waals surface area contributed by atoms with Crippen LogP contribution in [0.3, 0.4) is 0 Å². The number of nitrogens with two attached hydrogens (primary N) is 3. The van der Waals surface area contributed by atoms with Crippen LogP contribution in [0.4, 0.5) is 0 Å². The van der Waals surface area contributed by atoms with Crippen molar-refractivity contribution in [3.8, 4) is 0 Å². The highest BCUT2D eigenvalue weighted by Gasteiger charge is 2.32. The molecule has 37 heavy (non-hydrogen) atoms. The lowest BCUT2D eigenvalue weighted by Crippen LogP contribution is -2.58. The highest BCUT2D eigenvalue weighted by atomic mass is 16.4. The van der Waals surface area contributed by atoms with Gasteiger partial charge in [-0.25, -0.2) is 4.79 Å². The van der Waals surface area contributed by atoms with Crippen LogP contribution in [0.1, 0.15) is 66.2 Å². The Morgan fingerprint density at radius 2 is 1.32 bits per heavy atom. The van der Waals surface area contributed by atoms with Gasteiger partial charge in [0.05, 0.1) is 6.04 Å². The smallest absolute Gasteiger partial charge is 0.326 e. The van der Waals surface area contributed by atoms with E-state index in [4.69, 9.17) is 22.3 Å². The summed E-state index contributed by atoms with van der Waals surface area (Å²) in [6.45, 7) is 7.24. The molecule has 0 rings (SSSR count). The third-order valence-electron chi connectivity index (χ3n) is 6.19. The van der Waals surface area contributed by atoms with Crippen LogP contribution in [0.5, 0.6) is 0 Å². The van der Waals surface area contributed by atoms with Crippen molar-refractivity contribution >= 4 is 35.6 Å². The first-order valence-electron chi connectivity index (χ1n) is 12.4. The van der Waals surface area contributed by atoms with E-state index in [0.29, 0.717) is 19.3 Å². The van der Waals surface area contributed by atoms with Gasteiger partial charge in [-0.15, -0.1) is 0 Å². The average Bonchev–Trinajstić information content (AvgIpc) is 2.84. The summed E-state index contributed by atoms with van der Waals surface area (Å²) in [6, 6.07) is -4.59. The van der Waals surface area contributed by atoms with Crippen molar-refractivity contribution < 1.29 is 34.2 Å². The van der Waals surface area contributed by atoms with E-state index in [2.05, 4.69) is 20.9 Å². The highest BCUT2D eigenvalue weighted by molar-refractivity contribution is 5.94. The molecule has 0 fully saturated rings. The lowest BCUT2D eigenvalue weighted by molar-refractivity contribution is -0.144. The normalized spacial score (nSPS) is 15.7. The van der Waals surface area contributed by atoms with Gasteiger partial charge in [0, 0.05) is 13.0 Å². The molecule has 6 atom stereocenters. The molecule has 11 N–H and O–H groups in total. The minimum absolute atomic E-state index is 0.0967. The Hall–Kier alpha value is -3.42. The first-order valence-corrected chi connectivity index (χ1v) is 12.4. The standard InChI is InChI=1S/C23H43N7O7/c1-5-12(3)17(24)21(35)29-14(8-7-11-27-23(25)26)19(33)28-15(9-10-16(31)32)20(34)30-18(22(36)37)13(4)6-2/h12-15,17-18H,5-11,24H2,1-4H3,(H,28,33)(H,29,35)(H,30,34)(H,31,32)(H,36,37)(H4,25,26,27). The molecule has 0 aromatic rings. The van der Waals surface area contributed by atoms with Gasteiger partial charge in [0.2, 0.25) is 17.7 Å². The number of hydrogen-bond acceptors (Lipinski definition) is 7. The zero-order chi connectivity index (χ0) is 28.7. The lowest BCUT2D eigenvalue weighted by atomic mass is 9.98. The second kappa shape index (κ2) is 17.1. The topological polar surface area (TPSA) is 252 Å². The molecular formula is C23H43N7O7. The molecule has 6 unspecified atom stereocenters. The second-order valence-electron chi connectivity index (χ2n) is 9.12. The highest BCUT2D eigenvalue weighted by Crippen LogP contribution is 2.11. The number of nitrogens with zero attached hydrogens (tertiary/aromatic N) is 1. The van der Waals surface area contributed by atoms with Crippen LogP contribution >= 0.6 is 0 Å². The molecule has 0 spiro atoms. The Kier molecular flexibility index (Phi) is 15.5. The summed E-state index contributed by atoms with van der Waals surface area (Å²) in [4.78, 5) is 65.3. The molecule has 0 aliphatic carbocycles. The van der Waals surface area contributed by atoms with Gasteiger partial charge in [-0.2, -0.15) is 0 Å². The number of carboxylic acid groups (broad SMARTS) is 2. The van der Waals surface area contributed by atoms with Crippen molar-refractivity contribution in [1.82, 2.24) is 16.0 Å². The van der Waals surface area contributed by atoms with E-state index in [0.717, 1.165) is 0 Å². The Bertz CT molecular complexity index is 817. The minimum atomic E-state index is -1.35. The predicted octanol–water partition coefficient (Wildman–Crippen LogP) is -1.14. The third-order valence-corrected chi connectivity index (χ3v) is 6.19. The lowest BCUT2D eigenvalue weighted by Gasteiger charge is -2.27. The number of guanidine groups is 1. The summed E-state index contributed by atoms with van der Waals surface area (Å²) in [7, 11) is 0. The molecule has 0 aromatic heterocycles. The maximum Gasteiger partial charge on any atom is 0.326 e. The van der Waals surface area contributed by atoms with Crippen molar-refractivity contribution in [2.24, 2.45) is 34.0 Å². The molecule has 212 valence electrons. The Labute approximate surface area is 217 Å². The van der Waals surface area contributed by atoms with Crippen molar-refractivity contribution in [2.45, 2.75) is 90.4 Å². The summed E-state index contributed by atoms with van der Waals surface area (Å²) in [5.74, 6) is -5.33. The number of nitrogens with one attached hydrogen (secondary N) is 3. The van der Waals surface area contributed by atoms with Crippen molar-refractivity contribution in [3.05, 3.63) is 0 Å². The second-order valence-corrected chi connectivity index (χ2v) is 9.12. The number of aliphatic imine (C=N–C) groups is 1. The summed E-state index contributed by atoms with van der Waals surface area (Å²) in [6.07, 6.45) is 0.744. The van der Waals surface area contributed by atoms with Crippen LogP contribution in [-0.4, -0.2) is 76.5 Å². The molecule has 0 bridgehead atoms. The monoisotopic (exact) mass is 529 g/mol. The van der Waals surface area contributed by atoms with Crippen LogP contribution in [-0.2, 0) is 24.0 Å². The molecule has 14 heteroatoms. The Balaban J connectivity index is 5.77. The van der Waals surface area contributed by atoms with E-state index < -0.39 is 66.2 Å². The Morgan fingerprint density at radius 3 is 1.81 bits per heavy atom. The van der Waals surface area contributed by atoms with Crippen LogP contribution < -0.4 is 33.2 Å². The van der Waals surface area contributed by atoms with Gasteiger partial charge < -0.3 is 43.4 Å². The van der Waals surface area contributed by atoms with E-state index in [1.54, 1.807) is 20.8 Å². The van der Waals surface area contributed by atoms with Gasteiger partial charge in [0.25, 0.3) is 0 Å². The molecule has 3 amide bonds. The number of amides is 3. The zero-order valence-corrected chi connectivity index (χ0v) is 22.0. The largest absolute Gasteiger partial charge is 0.481 e. The number of carboxylic acids is 2. The fourth-order valence-corrected chi connectivity index (χ4v) is 3.30. The Morgan fingerprint density at radius 1 is 0.811 bits per heavy atom. The van der Waals surface area contributed by atoms with E-state index in [1.807, 2.05) is 6.92 Å². The van der Waals surface area contributed by atoms with Crippen LogP contribution in [0, 0.1) is 11.8 Å². The maximum atomic E-state index is 13.1. The fraction of sp³-hybridized carbons (Fsp3) is 0.739. The van der Waals surface area contributed by atoms with Crippen LogP contribution in [0.25, 0.3) is 0 Å². The summed E-state index contributed by atoms with van der Waals surface area (Å²) in [5, 5.41) is 26.0. The van der Waals surface area contributed by atoms with E-state index in [9.17, 15) is 29.1 Å². The van der Waals surface area contributed by atoms with Gasteiger partial charge in [0.15, 0.2) is 5.96 Å². The summed E-state index contributed by atoms with van der Waals surface area (Å²) in [5.41, 5.74) is 16.6. The summed E-state index contributed by atoms with van der Waals surface area (Å²) < 4.78 is 0.